The van der Waals surface area contributed by atoms with E-state index in [9.17, 15) is 9.90 Å². The van der Waals surface area contributed by atoms with Crippen molar-refractivity contribution in [2.45, 2.75) is 32.7 Å². The van der Waals surface area contributed by atoms with Crippen molar-refractivity contribution in [2.24, 2.45) is 0 Å². The van der Waals surface area contributed by atoms with Gasteiger partial charge >= 0.3 is 5.97 Å². The van der Waals surface area contributed by atoms with Crippen LogP contribution in [0.15, 0.2) is 48.8 Å². The van der Waals surface area contributed by atoms with E-state index in [-0.39, 0.29) is 10.8 Å². The van der Waals surface area contributed by atoms with Gasteiger partial charge < -0.3 is 9.67 Å². The Hall–Kier alpha value is -4.05. The van der Waals surface area contributed by atoms with Gasteiger partial charge in [-0.05, 0) is 35.4 Å². The molecule has 5 aromatic rings. The normalized spacial score (nSPS) is 11.4. The Morgan fingerprint density at radius 2 is 2.03 bits per heavy atom. The fourth-order valence-corrected chi connectivity index (χ4v) is 4.38. The number of hydrogen-bond acceptors (Lipinski definition) is 6. The van der Waals surface area contributed by atoms with E-state index in [1.54, 1.807) is 10.9 Å². The molecule has 0 saturated heterocycles. The molecular formula is C23H21ClN8O2. The molecule has 172 valence electrons. The van der Waals surface area contributed by atoms with E-state index >= 15 is 0 Å². The van der Waals surface area contributed by atoms with Crippen LogP contribution in [-0.4, -0.2) is 50.8 Å². The van der Waals surface area contributed by atoms with Crippen LogP contribution in [0.2, 0.25) is 5.15 Å². The number of fused-ring (bicyclic) bond motifs is 1. The third-order valence-electron chi connectivity index (χ3n) is 5.70. The molecule has 3 aromatic heterocycles. The molecule has 3 heterocycles. The number of benzene rings is 2. The topological polar surface area (TPSA) is 127 Å². The van der Waals surface area contributed by atoms with Crippen molar-refractivity contribution < 1.29 is 9.90 Å². The Kier molecular flexibility index (Phi) is 5.81. The lowest BCUT2D eigenvalue weighted by Crippen LogP contribution is -2.13. The number of hydrogen-bond donors (Lipinski definition) is 2. The predicted molar refractivity (Wildman–Crippen MR) is 126 cm³/mol. The first kappa shape index (κ1) is 21.8. The van der Waals surface area contributed by atoms with Crippen LogP contribution in [0.5, 0.6) is 0 Å². The molecule has 34 heavy (non-hydrogen) atoms. The monoisotopic (exact) mass is 476 g/mol. The summed E-state index contributed by atoms with van der Waals surface area (Å²) in [6.07, 6.45) is 4.24. The van der Waals surface area contributed by atoms with Crippen molar-refractivity contribution in [3.05, 3.63) is 71.0 Å². The van der Waals surface area contributed by atoms with E-state index in [4.69, 9.17) is 11.6 Å². The number of aromatic amines is 1. The van der Waals surface area contributed by atoms with Gasteiger partial charge in [-0.1, -0.05) is 49.2 Å². The fraction of sp³-hybridized carbons (Fsp3) is 0.217. The average Bonchev–Trinajstić information content (AvgIpc) is 3.57. The summed E-state index contributed by atoms with van der Waals surface area (Å²) in [4.78, 5) is 20.9. The zero-order valence-electron chi connectivity index (χ0n) is 18.3. The summed E-state index contributed by atoms with van der Waals surface area (Å²) in [5, 5.41) is 24.2. The largest absolute Gasteiger partial charge is 0.476 e. The van der Waals surface area contributed by atoms with Crippen molar-refractivity contribution in [2.75, 3.05) is 0 Å². The number of nitrogens with one attached hydrogen (secondary N) is 1. The number of aryl methyl sites for hydroxylation is 1. The van der Waals surface area contributed by atoms with E-state index in [0.717, 1.165) is 40.7 Å². The number of tetrazole rings is 1. The van der Waals surface area contributed by atoms with Gasteiger partial charge in [0.05, 0.1) is 23.3 Å². The van der Waals surface area contributed by atoms with Crippen molar-refractivity contribution in [3.8, 4) is 17.1 Å². The van der Waals surface area contributed by atoms with Gasteiger partial charge in [-0.25, -0.2) is 14.8 Å². The van der Waals surface area contributed by atoms with Crippen LogP contribution < -0.4 is 0 Å². The number of rotatable bonds is 8. The van der Waals surface area contributed by atoms with Crippen LogP contribution in [0, 0.1) is 0 Å². The number of para-hydroxylation sites is 2. The van der Waals surface area contributed by atoms with Gasteiger partial charge in [0.2, 0.25) is 5.82 Å². The second kappa shape index (κ2) is 9.06. The molecule has 0 bridgehead atoms. The van der Waals surface area contributed by atoms with Gasteiger partial charge in [0.1, 0.15) is 12.2 Å². The Labute approximate surface area is 199 Å². The number of carboxylic acids is 1. The molecule has 0 fully saturated rings. The lowest BCUT2D eigenvalue weighted by atomic mass is 10.1. The minimum Gasteiger partial charge on any atom is -0.476 e. The maximum Gasteiger partial charge on any atom is 0.355 e. The maximum atomic E-state index is 11.9. The summed E-state index contributed by atoms with van der Waals surface area (Å²) >= 11 is 6.21. The Balaban J connectivity index is 1.61. The highest BCUT2D eigenvalue weighted by atomic mass is 35.5. The van der Waals surface area contributed by atoms with Gasteiger partial charge in [-0.3, -0.25) is 4.57 Å². The SMILES string of the molecule is CCCCc1nc(Cl)c(C(=O)O)n1Cc1cccc2c1ncn2-c1ccccc1-c1nn[nH]n1. The van der Waals surface area contributed by atoms with Crippen LogP contribution in [0.4, 0.5) is 0 Å². The molecule has 10 nitrogen and oxygen atoms in total. The Morgan fingerprint density at radius 1 is 1.18 bits per heavy atom. The number of carbonyl (C=O) groups is 1. The smallest absolute Gasteiger partial charge is 0.355 e. The summed E-state index contributed by atoms with van der Waals surface area (Å²) in [7, 11) is 0. The van der Waals surface area contributed by atoms with Gasteiger partial charge in [-0.15, -0.1) is 10.2 Å². The zero-order valence-corrected chi connectivity index (χ0v) is 19.1. The van der Waals surface area contributed by atoms with E-state index in [1.807, 2.05) is 47.0 Å². The van der Waals surface area contributed by atoms with Crippen LogP contribution >= 0.6 is 11.6 Å². The van der Waals surface area contributed by atoms with Crippen molar-refractivity contribution in [1.29, 1.82) is 0 Å². The highest BCUT2D eigenvalue weighted by Gasteiger charge is 2.23. The Morgan fingerprint density at radius 3 is 2.79 bits per heavy atom. The number of imidazole rings is 2. The lowest BCUT2D eigenvalue weighted by molar-refractivity contribution is 0.0685. The minimum atomic E-state index is -1.10. The van der Waals surface area contributed by atoms with E-state index in [1.165, 1.54) is 0 Å². The number of aromatic nitrogens is 8. The first-order valence-electron chi connectivity index (χ1n) is 10.8. The molecule has 0 aliphatic heterocycles. The van der Waals surface area contributed by atoms with E-state index in [0.29, 0.717) is 24.6 Å². The molecule has 0 aliphatic rings. The summed E-state index contributed by atoms with van der Waals surface area (Å²) in [5.74, 6) is 0.0310. The van der Waals surface area contributed by atoms with Crippen LogP contribution in [-0.2, 0) is 13.0 Å². The first-order valence-corrected chi connectivity index (χ1v) is 11.2. The number of nitrogens with zero attached hydrogens (tertiary/aromatic N) is 7. The number of carboxylic acid groups (broad SMARTS) is 1. The highest BCUT2D eigenvalue weighted by molar-refractivity contribution is 6.32. The third kappa shape index (κ3) is 3.81. The second-order valence-electron chi connectivity index (χ2n) is 7.81. The van der Waals surface area contributed by atoms with Crippen molar-refractivity contribution >= 4 is 28.6 Å². The maximum absolute atomic E-state index is 11.9. The molecule has 0 atom stereocenters. The summed E-state index contributed by atoms with van der Waals surface area (Å²) in [6, 6.07) is 13.6. The van der Waals surface area contributed by atoms with Crippen molar-refractivity contribution in [3.63, 3.8) is 0 Å². The molecule has 2 N–H and O–H groups in total. The molecule has 0 radical (unpaired) electrons. The third-order valence-corrected chi connectivity index (χ3v) is 5.96. The van der Waals surface area contributed by atoms with Crippen molar-refractivity contribution in [1.82, 2.24) is 39.7 Å². The predicted octanol–water partition coefficient (Wildman–Crippen LogP) is 4.14. The quantitative estimate of drug-likeness (QED) is 0.344. The molecule has 0 spiro atoms. The number of H-pyrrole nitrogens is 1. The van der Waals surface area contributed by atoms with Crippen LogP contribution in [0.1, 0.15) is 41.6 Å². The van der Waals surface area contributed by atoms with E-state index in [2.05, 4.69) is 37.5 Å². The van der Waals surface area contributed by atoms with Gasteiger partial charge in [0.25, 0.3) is 0 Å². The minimum absolute atomic E-state index is 0.00495. The number of aromatic carboxylic acids is 1. The van der Waals surface area contributed by atoms with Gasteiger partial charge in [0, 0.05) is 12.0 Å². The second-order valence-corrected chi connectivity index (χ2v) is 8.17. The first-order chi connectivity index (χ1) is 16.6. The molecule has 0 amide bonds. The highest BCUT2D eigenvalue weighted by Crippen LogP contribution is 2.29. The fourth-order valence-electron chi connectivity index (χ4n) is 4.10. The molecule has 0 saturated carbocycles. The molecular weight excluding hydrogens is 456 g/mol. The average molecular weight is 477 g/mol. The van der Waals surface area contributed by atoms with E-state index < -0.39 is 5.97 Å². The summed E-state index contributed by atoms with van der Waals surface area (Å²) < 4.78 is 3.64. The number of unbranched alkanes of at least 4 members (excludes halogenated alkanes) is 1. The summed E-state index contributed by atoms with van der Waals surface area (Å²) in [5.41, 5.74) is 4.13. The molecule has 0 unspecified atom stereocenters. The van der Waals surface area contributed by atoms with Gasteiger partial charge in [0.15, 0.2) is 10.8 Å². The lowest BCUT2D eigenvalue weighted by Gasteiger charge is -2.12. The molecule has 11 heteroatoms. The zero-order chi connectivity index (χ0) is 23.7. The molecule has 2 aromatic carbocycles. The molecule has 5 rings (SSSR count). The summed E-state index contributed by atoms with van der Waals surface area (Å²) in [6.45, 7) is 2.37. The number of halogens is 1. The molecule has 0 aliphatic carbocycles. The van der Waals surface area contributed by atoms with Gasteiger partial charge in [-0.2, -0.15) is 5.21 Å². The standard InChI is InChI=1S/C23H21ClN8O2/c1-2-3-11-18-26-21(24)20(23(33)34)31(18)12-14-7-6-10-17-19(14)25-13-32(17)16-9-5-4-8-15(16)22-27-29-30-28-22/h4-10,13H,2-3,11-12H2,1H3,(H,33,34)(H,27,28,29,30). The Bertz CT molecular complexity index is 1470. The van der Waals surface area contributed by atoms with Crippen LogP contribution in [0.3, 0.4) is 0 Å². The van der Waals surface area contributed by atoms with Crippen LogP contribution in [0.25, 0.3) is 28.1 Å².